The second-order valence-electron chi connectivity index (χ2n) is 4.66. The summed E-state index contributed by atoms with van der Waals surface area (Å²) in [6, 6.07) is 14.5. The van der Waals surface area contributed by atoms with Gasteiger partial charge in [0.15, 0.2) is 0 Å². The normalized spacial score (nSPS) is 12.7. The second-order valence-corrected chi connectivity index (χ2v) is 5.90. The van der Waals surface area contributed by atoms with E-state index < -0.39 is 0 Å². The Labute approximate surface area is 129 Å². The number of benzene rings is 2. The number of halogens is 1. The molecule has 0 bridgehead atoms. The highest BCUT2D eigenvalue weighted by atomic mass is 127. The molecule has 0 aliphatic heterocycles. The van der Waals surface area contributed by atoms with Gasteiger partial charge in [-0.05, 0) is 65.0 Å². The lowest BCUT2D eigenvalue weighted by molar-refractivity contribution is 0.692. The molecule has 4 nitrogen and oxygen atoms in total. The Hall–Kier alpha value is -1.60. The minimum atomic E-state index is -0.174. The predicted molar refractivity (Wildman–Crippen MR) is 89.0 cm³/mol. The molecule has 0 saturated heterocycles. The maximum Gasteiger partial charge on any atom is 0.323 e. The quantitative estimate of drug-likeness (QED) is 0.613. The number of H-pyrrole nitrogens is 2. The average Bonchev–Trinajstić information content (AvgIpc) is 2.81. The molecule has 3 N–H and O–H groups in total. The van der Waals surface area contributed by atoms with Crippen molar-refractivity contribution in [3.8, 4) is 0 Å². The largest absolute Gasteiger partial charge is 0.323 e. The number of hydrogen-bond acceptors (Lipinski definition) is 2. The van der Waals surface area contributed by atoms with Crippen molar-refractivity contribution in [2.45, 2.75) is 6.04 Å². The molecule has 20 heavy (non-hydrogen) atoms. The lowest BCUT2D eigenvalue weighted by atomic mass is 9.98. The molecule has 5 heteroatoms. The van der Waals surface area contributed by atoms with Crippen LogP contribution in [0.4, 0.5) is 0 Å². The van der Waals surface area contributed by atoms with Crippen molar-refractivity contribution in [1.82, 2.24) is 15.3 Å². The third-order valence-corrected chi connectivity index (χ3v) is 4.08. The summed E-state index contributed by atoms with van der Waals surface area (Å²) in [4.78, 5) is 16.9. The van der Waals surface area contributed by atoms with E-state index in [1.165, 1.54) is 9.13 Å². The molecular weight excluding hydrogens is 365 g/mol. The van der Waals surface area contributed by atoms with Gasteiger partial charge in [-0.3, -0.25) is 0 Å². The summed E-state index contributed by atoms with van der Waals surface area (Å²) in [5.74, 6) is 0. The Balaban J connectivity index is 2.06. The summed E-state index contributed by atoms with van der Waals surface area (Å²) >= 11 is 2.30. The molecule has 0 aliphatic carbocycles. The zero-order chi connectivity index (χ0) is 14.1. The summed E-state index contributed by atoms with van der Waals surface area (Å²) in [5.41, 5.74) is 3.81. The molecule has 2 aromatic carbocycles. The maximum atomic E-state index is 11.3. The number of nitrogens with one attached hydrogen (secondary N) is 3. The molecule has 0 aliphatic rings. The van der Waals surface area contributed by atoms with E-state index in [1.54, 1.807) is 0 Å². The zero-order valence-electron chi connectivity index (χ0n) is 10.9. The molecule has 102 valence electrons. The first-order valence-corrected chi connectivity index (χ1v) is 7.40. The highest BCUT2D eigenvalue weighted by Gasteiger charge is 2.12. The molecule has 3 rings (SSSR count). The summed E-state index contributed by atoms with van der Waals surface area (Å²) in [6.45, 7) is 0. The minimum absolute atomic E-state index is 0.106. The molecule has 0 spiro atoms. The molecule has 1 unspecified atom stereocenters. The summed E-state index contributed by atoms with van der Waals surface area (Å²) in [5, 5.41) is 3.32. The van der Waals surface area contributed by atoms with E-state index in [9.17, 15) is 4.79 Å². The fourth-order valence-electron chi connectivity index (χ4n) is 2.41. The Morgan fingerprint density at radius 3 is 2.35 bits per heavy atom. The van der Waals surface area contributed by atoms with E-state index in [4.69, 9.17) is 0 Å². The van der Waals surface area contributed by atoms with Crippen LogP contribution in [0.15, 0.2) is 47.3 Å². The number of imidazole rings is 1. The molecular formula is C15H14IN3O. The molecule has 0 fully saturated rings. The third kappa shape index (κ3) is 2.51. The van der Waals surface area contributed by atoms with E-state index in [1.807, 2.05) is 25.2 Å². The van der Waals surface area contributed by atoms with Crippen LogP contribution >= 0.6 is 22.6 Å². The van der Waals surface area contributed by atoms with Crippen LogP contribution in [-0.2, 0) is 0 Å². The van der Waals surface area contributed by atoms with Gasteiger partial charge in [-0.25, -0.2) is 4.79 Å². The number of rotatable bonds is 3. The van der Waals surface area contributed by atoms with E-state index in [-0.39, 0.29) is 11.7 Å². The van der Waals surface area contributed by atoms with Gasteiger partial charge in [0.1, 0.15) is 0 Å². The van der Waals surface area contributed by atoms with Gasteiger partial charge in [0.05, 0.1) is 17.1 Å². The van der Waals surface area contributed by atoms with E-state index in [0.29, 0.717) is 0 Å². The van der Waals surface area contributed by atoms with Gasteiger partial charge < -0.3 is 15.3 Å². The van der Waals surface area contributed by atoms with Gasteiger partial charge in [-0.2, -0.15) is 0 Å². The topological polar surface area (TPSA) is 60.7 Å². The van der Waals surface area contributed by atoms with Crippen LogP contribution in [0.3, 0.4) is 0 Å². The van der Waals surface area contributed by atoms with Crippen molar-refractivity contribution in [2.24, 2.45) is 0 Å². The maximum absolute atomic E-state index is 11.3. The van der Waals surface area contributed by atoms with E-state index in [0.717, 1.165) is 16.6 Å². The number of hydrogen-bond donors (Lipinski definition) is 3. The number of aromatic nitrogens is 2. The fraction of sp³-hybridized carbons (Fsp3) is 0.133. The van der Waals surface area contributed by atoms with Crippen LogP contribution in [-0.4, -0.2) is 17.0 Å². The van der Waals surface area contributed by atoms with Crippen LogP contribution < -0.4 is 11.0 Å². The van der Waals surface area contributed by atoms with Crippen LogP contribution in [0.25, 0.3) is 11.0 Å². The Kier molecular flexibility index (Phi) is 3.62. The van der Waals surface area contributed by atoms with Crippen molar-refractivity contribution < 1.29 is 0 Å². The summed E-state index contributed by atoms with van der Waals surface area (Å²) in [7, 11) is 1.94. The first-order chi connectivity index (χ1) is 9.67. The van der Waals surface area contributed by atoms with Crippen molar-refractivity contribution >= 4 is 33.6 Å². The lowest BCUT2D eigenvalue weighted by Gasteiger charge is -2.17. The van der Waals surface area contributed by atoms with Gasteiger partial charge in [0.25, 0.3) is 0 Å². The van der Waals surface area contributed by atoms with Gasteiger partial charge in [0, 0.05) is 3.57 Å². The molecule has 1 atom stereocenters. The molecule has 0 radical (unpaired) electrons. The summed E-state index contributed by atoms with van der Waals surface area (Å²) in [6.07, 6.45) is 0. The van der Waals surface area contributed by atoms with Gasteiger partial charge >= 0.3 is 5.69 Å². The Bertz CT molecular complexity index is 789. The van der Waals surface area contributed by atoms with Crippen molar-refractivity contribution in [3.05, 3.63) is 67.6 Å². The molecule has 1 aromatic heterocycles. The number of aromatic amines is 2. The standard InChI is InChI=1S/C15H14IN3O/c1-17-14(9-2-5-11(16)6-3-9)10-4-7-12-13(8-10)19-15(20)18-12/h2-8,14,17H,1H3,(H2,18,19,20). The van der Waals surface area contributed by atoms with Gasteiger partial charge in [0.2, 0.25) is 0 Å². The van der Waals surface area contributed by atoms with Gasteiger partial charge in [-0.1, -0.05) is 18.2 Å². The lowest BCUT2D eigenvalue weighted by Crippen LogP contribution is -2.17. The predicted octanol–water partition coefficient (Wildman–Crippen LogP) is 2.77. The van der Waals surface area contributed by atoms with E-state index in [2.05, 4.69) is 62.1 Å². The summed E-state index contributed by atoms with van der Waals surface area (Å²) < 4.78 is 1.21. The smallest absolute Gasteiger partial charge is 0.309 e. The van der Waals surface area contributed by atoms with Crippen molar-refractivity contribution in [2.75, 3.05) is 7.05 Å². The van der Waals surface area contributed by atoms with Crippen LogP contribution in [0.5, 0.6) is 0 Å². The Morgan fingerprint density at radius 2 is 1.65 bits per heavy atom. The SMILES string of the molecule is CNC(c1ccc(I)cc1)c1ccc2[nH]c(=O)[nH]c2c1. The molecule has 0 amide bonds. The van der Waals surface area contributed by atoms with Crippen molar-refractivity contribution in [3.63, 3.8) is 0 Å². The van der Waals surface area contributed by atoms with Gasteiger partial charge in [-0.15, -0.1) is 0 Å². The van der Waals surface area contributed by atoms with Crippen LogP contribution in [0, 0.1) is 3.57 Å². The highest BCUT2D eigenvalue weighted by molar-refractivity contribution is 14.1. The third-order valence-electron chi connectivity index (χ3n) is 3.37. The zero-order valence-corrected chi connectivity index (χ0v) is 13.1. The first-order valence-electron chi connectivity index (χ1n) is 6.32. The fourth-order valence-corrected chi connectivity index (χ4v) is 2.77. The second kappa shape index (κ2) is 5.41. The molecule has 1 heterocycles. The highest BCUT2D eigenvalue weighted by Crippen LogP contribution is 2.24. The van der Waals surface area contributed by atoms with Crippen LogP contribution in [0.2, 0.25) is 0 Å². The van der Waals surface area contributed by atoms with Crippen LogP contribution in [0.1, 0.15) is 17.2 Å². The van der Waals surface area contributed by atoms with Crippen molar-refractivity contribution in [1.29, 1.82) is 0 Å². The van der Waals surface area contributed by atoms with E-state index >= 15 is 0 Å². The first kappa shape index (κ1) is 13.4. The monoisotopic (exact) mass is 379 g/mol. The minimum Gasteiger partial charge on any atom is -0.309 e. The Morgan fingerprint density at radius 1 is 1.00 bits per heavy atom. The average molecular weight is 379 g/mol. The molecule has 0 saturated carbocycles. The number of fused-ring (bicyclic) bond motifs is 1. The molecule has 3 aromatic rings.